The average molecular weight is 256 g/mol. The van der Waals surface area contributed by atoms with Gasteiger partial charge in [0.1, 0.15) is 5.75 Å². The van der Waals surface area contributed by atoms with Gasteiger partial charge >= 0.3 is 0 Å². The standard InChI is InChI=1S/C16H20N2O/c1-12-4-7-14(11-18-12)16(2,17)10-13-5-8-15(19-3)9-6-13/h4-9,11H,10,17H2,1-3H3. The van der Waals surface area contributed by atoms with Gasteiger partial charge in [0.05, 0.1) is 7.11 Å². The number of benzene rings is 1. The molecule has 100 valence electrons. The molecule has 3 heteroatoms. The highest BCUT2D eigenvalue weighted by Gasteiger charge is 2.21. The number of pyridine rings is 1. The molecular weight excluding hydrogens is 236 g/mol. The summed E-state index contributed by atoms with van der Waals surface area (Å²) in [6.45, 7) is 4.00. The third kappa shape index (κ3) is 3.32. The largest absolute Gasteiger partial charge is 0.497 e. The molecule has 0 aliphatic rings. The molecule has 1 aromatic heterocycles. The second-order valence-electron chi connectivity index (χ2n) is 5.13. The van der Waals surface area contributed by atoms with Crippen molar-refractivity contribution in [1.29, 1.82) is 0 Å². The lowest BCUT2D eigenvalue weighted by atomic mass is 9.87. The van der Waals surface area contributed by atoms with Crippen LogP contribution in [0.4, 0.5) is 0 Å². The van der Waals surface area contributed by atoms with E-state index < -0.39 is 5.54 Å². The molecule has 1 atom stereocenters. The summed E-state index contributed by atoms with van der Waals surface area (Å²) in [5, 5.41) is 0. The van der Waals surface area contributed by atoms with Crippen molar-refractivity contribution in [3.8, 4) is 5.75 Å². The summed E-state index contributed by atoms with van der Waals surface area (Å²) in [6, 6.07) is 12.1. The van der Waals surface area contributed by atoms with Crippen LogP contribution in [0.15, 0.2) is 42.6 Å². The Morgan fingerprint density at radius 2 is 1.84 bits per heavy atom. The molecule has 0 amide bonds. The maximum Gasteiger partial charge on any atom is 0.118 e. The molecular formula is C16H20N2O. The van der Waals surface area contributed by atoms with Crippen LogP contribution in [-0.4, -0.2) is 12.1 Å². The van der Waals surface area contributed by atoms with Crippen LogP contribution in [0, 0.1) is 6.92 Å². The minimum atomic E-state index is -0.421. The van der Waals surface area contributed by atoms with Crippen molar-refractivity contribution in [2.45, 2.75) is 25.8 Å². The van der Waals surface area contributed by atoms with Crippen molar-refractivity contribution in [3.63, 3.8) is 0 Å². The highest BCUT2D eigenvalue weighted by Crippen LogP contribution is 2.23. The minimum absolute atomic E-state index is 0.421. The molecule has 0 spiro atoms. The first-order valence-electron chi connectivity index (χ1n) is 6.36. The van der Waals surface area contributed by atoms with Gasteiger partial charge in [-0.05, 0) is 49.6 Å². The van der Waals surface area contributed by atoms with E-state index in [0.717, 1.165) is 23.4 Å². The predicted octanol–water partition coefficient (Wildman–Crippen LogP) is 2.82. The summed E-state index contributed by atoms with van der Waals surface area (Å²) in [5.74, 6) is 0.861. The van der Waals surface area contributed by atoms with Crippen molar-refractivity contribution >= 4 is 0 Å². The summed E-state index contributed by atoms with van der Waals surface area (Å²) in [6.07, 6.45) is 2.63. The molecule has 2 aromatic rings. The van der Waals surface area contributed by atoms with Gasteiger partial charge in [-0.25, -0.2) is 0 Å². The van der Waals surface area contributed by atoms with E-state index >= 15 is 0 Å². The fraction of sp³-hybridized carbons (Fsp3) is 0.312. The molecule has 0 saturated carbocycles. The van der Waals surface area contributed by atoms with E-state index in [1.165, 1.54) is 5.56 Å². The Hall–Kier alpha value is -1.87. The maximum atomic E-state index is 6.42. The zero-order chi connectivity index (χ0) is 13.9. The second kappa shape index (κ2) is 5.41. The number of methoxy groups -OCH3 is 1. The summed E-state index contributed by atoms with van der Waals surface area (Å²) < 4.78 is 5.16. The van der Waals surface area contributed by atoms with E-state index in [1.54, 1.807) is 7.11 Å². The molecule has 2 N–H and O–H groups in total. The number of ether oxygens (including phenoxy) is 1. The first-order valence-corrected chi connectivity index (χ1v) is 6.36. The Balaban J connectivity index is 2.17. The number of nitrogens with zero attached hydrogens (tertiary/aromatic N) is 1. The van der Waals surface area contributed by atoms with Gasteiger partial charge in [-0.3, -0.25) is 4.98 Å². The molecule has 1 aromatic carbocycles. The van der Waals surface area contributed by atoms with Gasteiger partial charge < -0.3 is 10.5 Å². The molecule has 1 unspecified atom stereocenters. The first kappa shape index (κ1) is 13.6. The Kier molecular flexibility index (Phi) is 3.86. The fourth-order valence-electron chi connectivity index (χ4n) is 2.08. The molecule has 0 aliphatic carbocycles. The van der Waals surface area contributed by atoms with Gasteiger partial charge in [-0.1, -0.05) is 18.2 Å². The van der Waals surface area contributed by atoms with Gasteiger partial charge in [0.2, 0.25) is 0 Å². The Morgan fingerprint density at radius 1 is 1.16 bits per heavy atom. The van der Waals surface area contributed by atoms with Crippen LogP contribution >= 0.6 is 0 Å². The SMILES string of the molecule is COc1ccc(CC(C)(N)c2ccc(C)nc2)cc1. The van der Waals surface area contributed by atoms with Crippen molar-refractivity contribution in [2.75, 3.05) is 7.11 Å². The maximum absolute atomic E-state index is 6.42. The summed E-state index contributed by atoms with van der Waals surface area (Å²) in [5.41, 5.74) is 9.24. The third-order valence-electron chi connectivity index (χ3n) is 3.30. The first-order chi connectivity index (χ1) is 9.01. The van der Waals surface area contributed by atoms with E-state index in [0.29, 0.717) is 0 Å². The lowest BCUT2D eigenvalue weighted by Crippen LogP contribution is -2.35. The second-order valence-corrected chi connectivity index (χ2v) is 5.13. The molecule has 3 nitrogen and oxygen atoms in total. The van der Waals surface area contributed by atoms with E-state index in [9.17, 15) is 0 Å². The molecule has 0 bridgehead atoms. The number of aryl methyl sites for hydroxylation is 1. The van der Waals surface area contributed by atoms with Crippen LogP contribution in [0.3, 0.4) is 0 Å². The fourth-order valence-corrected chi connectivity index (χ4v) is 2.08. The van der Waals surface area contributed by atoms with Crippen LogP contribution < -0.4 is 10.5 Å². The third-order valence-corrected chi connectivity index (χ3v) is 3.30. The van der Waals surface area contributed by atoms with Crippen LogP contribution in [0.1, 0.15) is 23.7 Å². The number of aromatic nitrogens is 1. The van der Waals surface area contributed by atoms with Crippen LogP contribution in [-0.2, 0) is 12.0 Å². The lowest BCUT2D eigenvalue weighted by molar-refractivity contribution is 0.414. The predicted molar refractivity (Wildman–Crippen MR) is 77.2 cm³/mol. The van der Waals surface area contributed by atoms with Crippen molar-refractivity contribution in [1.82, 2.24) is 4.98 Å². The van der Waals surface area contributed by atoms with E-state index in [1.807, 2.05) is 56.4 Å². The van der Waals surface area contributed by atoms with Gasteiger partial charge in [-0.2, -0.15) is 0 Å². The normalized spacial score (nSPS) is 13.9. The van der Waals surface area contributed by atoms with E-state index in [2.05, 4.69) is 4.98 Å². The molecule has 0 fully saturated rings. The van der Waals surface area contributed by atoms with Crippen LogP contribution in [0.25, 0.3) is 0 Å². The Bertz CT molecular complexity index is 530. The molecule has 0 saturated heterocycles. The molecule has 0 radical (unpaired) electrons. The monoisotopic (exact) mass is 256 g/mol. The highest BCUT2D eigenvalue weighted by atomic mass is 16.5. The van der Waals surface area contributed by atoms with Gasteiger partial charge in [0.25, 0.3) is 0 Å². The molecule has 2 rings (SSSR count). The highest BCUT2D eigenvalue weighted by molar-refractivity contribution is 5.30. The molecule has 0 aliphatic heterocycles. The number of rotatable bonds is 4. The number of hydrogen-bond donors (Lipinski definition) is 1. The topological polar surface area (TPSA) is 48.1 Å². The quantitative estimate of drug-likeness (QED) is 0.915. The van der Waals surface area contributed by atoms with E-state index in [-0.39, 0.29) is 0 Å². The molecule has 19 heavy (non-hydrogen) atoms. The van der Waals surface area contributed by atoms with Gasteiger partial charge in [0, 0.05) is 17.4 Å². The summed E-state index contributed by atoms with van der Waals surface area (Å²) >= 11 is 0. The zero-order valence-corrected chi connectivity index (χ0v) is 11.7. The van der Waals surface area contributed by atoms with Gasteiger partial charge in [-0.15, -0.1) is 0 Å². The summed E-state index contributed by atoms with van der Waals surface area (Å²) in [7, 11) is 1.67. The number of hydrogen-bond acceptors (Lipinski definition) is 3. The van der Waals surface area contributed by atoms with E-state index in [4.69, 9.17) is 10.5 Å². The zero-order valence-electron chi connectivity index (χ0n) is 11.7. The van der Waals surface area contributed by atoms with Crippen LogP contribution in [0.5, 0.6) is 5.75 Å². The average Bonchev–Trinajstić information content (AvgIpc) is 2.40. The summed E-state index contributed by atoms with van der Waals surface area (Å²) in [4.78, 5) is 4.31. The van der Waals surface area contributed by atoms with Crippen molar-refractivity contribution in [2.24, 2.45) is 5.73 Å². The van der Waals surface area contributed by atoms with Crippen LogP contribution in [0.2, 0.25) is 0 Å². The Morgan fingerprint density at radius 3 is 2.37 bits per heavy atom. The number of nitrogens with two attached hydrogens (primary N) is 1. The minimum Gasteiger partial charge on any atom is -0.497 e. The van der Waals surface area contributed by atoms with Gasteiger partial charge in [0.15, 0.2) is 0 Å². The molecule has 1 heterocycles. The van der Waals surface area contributed by atoms with Crippen molar-refractivity contribution in [3.05, 3.63) is 59.4 Å². The van der Waals surface area contributed by atoms with Crippen molar-refractivity contribution < 1.29 is 4.74 Å². The lowest BCUT2D eigenvalue weighted by Gasteiger charge is -2.25. The Labute approximate surface area is 114 Å². The smallest absolute Gasteiger partial charge is 0.118 e.